The van der Waals surface area contributed by atoms with Crippen molar-refractivity contribution < 1.29 is 14.3 Å². The molecule has 1 aliphatic rings. The van der Waals surface area contributed by atoms with Gasteiger partial charge in [0, 0.05) is 24.5 Å². The Kier molecular flexibility index (Phi) is 3.29. The molecule has 1 fully saturated rings. The highest BCUT2D eigenvalue weighted by Crippen LogP contribution is 2.18. The number of pyridine rings is 1. The van der Waals surface area contributed by atoms with E-state index in [2.05, 4.69) is 4.98 Å². The number of carbonyl (C=O) groups excluding carboxylic acids is 2. The van der Waals surface area contributed by atoms with Gasteiger partial charge >= 0.3 is 0 Å². The van der Waals surface area contributed by atoms with Crippen molar-refractivity contribution in [3.8, 4) is 0 Å². The largest absolute Gasteiger partial charge is 0.367 e. The quantitative estimate of drug-likeness (QED) is 0.786. The Bertz CT molecular complexity index is 463. The molecule has 1 aromatic heterocycles. The van der Waals surface area contributed by atoms with E-state index in [-0.39, 0.29) is 12.5 Å². The van der Waals surface area contributed by atoms with E-state index < -0.39 is 11.5 Å². The standard InChI is InChI=1S/C12H15N3O3/c1-12(11(13)17)8-15(6-7-18-12)10(16)9-2-4-14-5-3-9/h2-5H,6-8H2,1H3,(H2,13,17)/t12-/m0/s1. The number of nitrogens with two attached hydrogens (primary N) is 1. The van der Waals surface area contributed by atoms with Crippen molar-refractivity contribution in [3.63, 3.8) is 0 Å². The summed E-state index contributed by atoms with van der Waals surface area (Å²) in [4.78, 5) is 29.0. The second-order valence-electron chi connectivity index (χ2n) is 4.41. The van der Waals surface area contributed by atoms with E-state index in [1.165, 1.54) is 0 Å². The molecule has 6 heteroatoms. The summed E-state index contributed by atoms with van der Waals surface area (Å²) in [5.74, 6) is -0.706. The number of nitrogens with zero attached hydrogens (tertiary/aromatic N) is 2. The van der Waals surface area contributed by atoms with Gasteiger partial charge in [0.1, 0.15) is 0 Å². The van der Waals surface area contributed by atoms with Crippen molar-refractivity contribution in [3.05, 3.63) is 30.1 Å². The predicted octanol–water partition coefficient (Wildman–Crippen LogP) is -0.202. The average Bonchev–Trinajstić information content (AvgIpc) is 2.39. The lowest BCUT2D eigenvalue weighted by Gasteiger charge is -2.38. The van der Waals surface area contributed by atoms with Crippen LogP contribution in [0.25, 0.3) is 0 Å². The minimum atomic E-state index is -1.11. The van der Waals surface area contributed by atoms with Crippen LogP contribution in [-0.2, 0) is 9.53 Å². The molecule has 0 radical (unpaired) electrons. The van der Waals surface area contributed by atoms with E-state index in [1.54, 1.807) is 36.4 Å². The number of rotatable bonds is 2. The molecule has 1 aromatic rings. The summed E-state index contributed by atoms with van der Waals surface area (Å²) in [6.45, 7) is 2.52. The molecular formula is C12H15N3O3. The van der Waals surface area contributed by atoms with Crippen LogP contribution in [0, 0.1) is 0 Å². The van der Waals surface area contributed by atoms with Crippen molar-refractivity contribution in [1.82, 2.24) is 9.88 Å². The van der Waals surface area contributed by atoms with Crippen LogP contribution in [0.1, 0.15) is 17.3 Å². The molecule has 18 heavy (non-hydrogen) atoms. The fourth-order valence-corrected chi connectivity index (χ4v) is 1.87. The Morgan fingerprint density at radius 1 is 1.44 bits per heavy atom. The third kappa shape index (κ3) is 2.33. The Hall–Kier alpha value is -1.95. The fraction of sp³-hybridized carbons (Fsp3) is 0.417. The average molecular weight is 249 g/mol. The Morgan fingerprint density at radius 2 is 2.11 bits per heavy atom. The topological polar surface area (TPSA) is 85.5 Å². The van der Waals surface area contributed by atoms with Gasteiger partial charge in [-0.15, -0.1) is 0 Å². The minimum Gasteiger partial charge on any atom is -0.367 e. The highest BCUT2D eigenvalue weighted by atomic mass is 16.5. The number of aromatic nitrogens is 1. The second-order valence-corrected chi connectivity index (χ2v) is 4.41. The summed E-state index contributed by atoms with van der Waals surface area (Å²) in [7, 11) is 0. The number of ether oxygens (including phenoxy) is 1. The van der Waals surface area contributed by atoms with Crippen LogP contribution in [0.15, 0.2) is 24.5 Å². The predicted molar refractivity (Wildman–Crippen MR) is 63.7 cm³/mol. The molecule has 1 atom stereocenters. The molecule has 0 unspecified atom stereocenters. The third-order valence-electron chi connectivity index (χ3n) is 3.01. The van der Waals surface area contributed by atoms with Gasteiger partial charge in [-0.1, -0.05) is 0 Å². The second kappa shape index (κ2) is 4.73. The van der Waals surface area contributed by atoms with E-state index in [0.29, 0.717) is 18.7 Å². The summed E-state index contributed by atoms with van der Waals surface area (Å²) < 4.78 is 5.36. The van der Waals surface area contributed by atoms with Crippen LogP contribution in [0.5, 0.6) is 0 Å². The lowest BCUT2D eigenvalue weighted by molar-refractivity contribution is -0.150. The maximum absolute atomic E-state index is 12.2. The van der Waals surface area contributed by atoms with Crippen LogP contribution in [0.4, 0.5) is 0 Å². The lowest BCUT2D eigenvalue weighted by atomic mass is 10.0. The Labute approximate surface area is 105 Å². The van der Waals surface area contributed by atoms with E-state index >= 15 is 0 Å². The van der Waals surface area contributed by atoms with Crippen LogP contribution >= 0.6 is 0 Å². The van der Waals surface area contributed by atoms with Gasteiger partial charge in [0.05, 0.1) is 13.2 Å². The zero-order valence-corrected chi connectivity index (χ0v) is 10.1. The zero-order chi connectivity index (χ0) is 13.2. The van der Waals surface area contributed by atoms with Crippen molar-refractivity contribution >= 4 is 11.8 Å². The molecule has 0 spiro atoms. The number of hydrogen-bond donors (Lipinski definition) is 1. The van der Waals surface area contributed by atoms with Gasteiger partial charge in [-0.2, -0.15) is 0 Å². The monoisotopic (exact) mass is 249 g/mol. The fourth-order valence-electron chi connectivity index (χ4n) is 1.87. The van der Waals surface area contributed by atoms with Gasteiger partial charge in [0.15, 0.2) is 5.60 Å². The van der Waals surface area contributed by atoms with Crippen molar-refractivity contribution in [1.29, 1.82) is 0 Å². The molecule has 0 saturated carbocycles. The van der Waals surface area contributed by atoms with Gasteiger partial charge in [-0.05, 0) is 19.1 Å². The number of hydrogen-bond acceptors (Lipinski definition) is 4. The molecule has 2 heterocycles. The molecule has 0 aromatic carbocycles. The van der Waals surface area contributed by atoms with Gasteiger partial charge in [0.25, 0.3) is 11.8 Å². The van der Waals surface area contributed by atoms with Crippen LogP contribution < -0.4 is 5.73 Å². The van der Waals surface area contributed by atoms with E-state index in [4.69, 9.17) is 10.5 Å². The summed E-state index contributed by atoms with van der Waals surface area (Å²) in [5, 5.41) is 0. The van der Waals surface area contributed by atoms with E-state index in [0.717, 1.165) is 0 Å². The molecule has 0 bridgehead atoms. The van der Waals surface area contributed by atoms with Crippen molar-refractivity contribution in [2.45, 2.75) is 12.5 Å². The SMILES string of the molecule is C[C@@]1(C(N)=O)CN(C(=O)c2ccncc2)CCO1. The number of amides is 2. The summed E-state index contributed by atoms with van der Waals surface area (Å²) in [6.07, 6.45) is 3.11. The van der Waals surface area contributed by atoms with Crippen molar-refractivity contribution in [2.24, 2.45) is 5.73 Å². The molecule has 2 rings (SSSR count). The van der Waals surface area contributed by atoms with Gasteiger partial charge < -0.3 is 15.4 Å². The summed E-state index contributed by atoms with van der Waals surface area (Å²) >= 11 is 0. The molecule has 96 valence electrons. The maximum Gasteiger partial charge on any atom is 0.254 e. The number of morpholine rings is 1. The summed E-state index contributed by atoms with van der Waals surface area (Å²) in [5.41, 5.74) is 4.72. The van der Waals surface area contributed by atoms with Crippen LogP contribution in [0.3, 0.4) is 0 Å². The van der Waals surface area contributed by atoms with E-state index in [1.807, 2.05) is 0 Å². The van der Waals surface area contributed by atoms with Crippen molar-refractivity contribution in [2.75, 3.05) is 19.7 Å². The first-order chi connectivity index (χ1) is 8.53. The molecule has 2 amide bonds. The molecular weight excluding hydrogens is 234 g/mol. The first-order valence-corrected chi connectivity index (χ1v) is 5.66. The molecule has 1 aliphatic heterocycles. The van der Waals surface area contributed by atoms with Gasteiger partial charge in [0.2, 0.25) is 0 Å². The van der Waals surface area contributed by atoms with Crippen LogP contribution in [-0.4, -0.2) is 47.0 Å². The number of carbonyl (C=O) groups is 2. The molecule has 6 nitrogen and oxygen atoms in total. The summed E-state index contributed by atoms with van der Waals surface area (Å²) in [6, 6.07) is 3.28. The van der Waals surface area contributed by atoms with Gasteiger partial charge in [-0.3, -0.25) is 14.6 Å². The zero-order valence-electron chi connectivity index (χ0n) is 10.1. The van der Waals surface area contributed by atoms with Crippen LogP contribution in [0.2, 0.25) is 0 Å². The molecule has 2 N–H and O–H groups in total. The Morgan fingerprint density at radius 3 is 2.72 bits per heavy atom. The lowest BCUT2D eigenvalue weighted by Crippen LogP contribution is -2.58. The van der Waals surface area contributed by atoms with Gasteiger partial charge in [-0.25, -0.2) is 0 Å². The minimum absolute atomic E-state index is 0.145. The van der Waals surface area contributed by atoms with E-state index in [9.17, 15) is 9.59 Å². The third-order valence-corrected chi connectivity index (χ3v) is 3.01. The number of primary amides is 1. The molecule has 1 saturated heterocycles. The smallest absolute Gasteiger partial charge is 0.254 e. The highest BCUT2D eigenvalue weighted by Gasteiger charge is 2.39. The highest BCUT2D eigenvalue weighted by molar-refractivity contribution is 5.95. The maximum atomic E-state index is 12.2. The molecule has 0 aliphatic carbocycles. The normalized spacial score (nSPS) is 23.7. The first-order valence-electron chi connectivity index (χ1n) is 5.66. The first kappa shape index (κ1) is 12.5. The Balaban J connectivity index is 2.15.